The lowest BCUT2D eigenvalue weighted by molar-refractivity contribution is 0.0625. The van der Waals surface area contributed by atoms with Crippen molar-refractivity contribution in [3.8, 4) is 11.5 Å². The van der Waals surface area contributed by atoms with Crippen LogP contribution in [0, 0.1) is 5.92 Å². The number of imidazole rings is 1. The van der Waals surface area contributed by atoms with E-state index in [9.17, 15) is 0 Å². The minimum absolute atomic E-state index is 0.388. The van der Waals surface area contributed by atoms with Crippen LogP contribution in [-0.2, 0) is 11.3 Å². The van der Waals surface area contributed by atoms with E-state index in [1.165, 1.54) is 18.1 Å². The molecule has 0 atom stereocenters. The zero-order valence-electron chi connectivity index (χ0n) is 16.6. The first-order chi connectivity index (χ1) is 14.2. The minimum atomic E-state index is 0.388. The van der Waals surface area contributed by atoms with Gasteiger partial charge in [0.1, 0.15) is 17.8 Å². The standard InChI is InChI=1S/C20H25N5O3S/c1-26-14-3-4-15(27-2)16(11-14)29-20-24-17-18(21)22-12-23-19(17)25(20)8-5-13-6-9-28-10-7-13/h3-4,11-13H,5-10H2,1-2H3,(H2,21,22,23). The van der Waals surface area contributed by atoms with Crippen LogP contribution in [0.4, 0.5) is 5.82 Å². The normalized spacial score (nSPS) is 15.0. The number of fused-ring (bicyclic) bond motifs is 1. The van der Waals surface area contributed by atoms with Gasteiger partial charge in [-0.05, 0) is 55.1 Å². The number of hydrogen-bond acceptors (Lipinski definition) is 8. The van der Waals surface area contributed by atoms with Gasteiger partial charge >= 0.3 is 0 Å². The van der Waals surface area contributed by atoms with Crippen molar-refractivity contribution in [2.24, 2.45) is 5.92 Å². The number of methoxy groups -OCH3 is 2. The Morgan fingerprint density at radius 2 is 2.03 bits per heavy atom. The Kier molecular flexibility index (Phi) is 6.05. The number of nitrogens with two attached hydrogens (primary N) is 1. The Morgan fingerprint density at radius 1 is 1.21 bits per heavy atom. The highest BCUT2D eigenvalue weighted by Crippen LogP contribution is 2.38. The Hall–Kier alpha value is -2.52. The molecule has 9 heteroatoms. The molecule has 3 aromatic rings. The van der Waals surface area contributed by atoms with Crippen molar-refractivity contribution in [2.45, 2.75) is 35.9 Å². The first-order valence-corrected chi connectivity index (χ1v) is 10.5. The van der Waals surface area contributed by atoms with E-state index in [0.29, 0.717) is 17.3 Å². The van der Waals surface area contributed by atoms with Gasteiger partial charge in [0.2, 0.25) is 0 Å². The molecule has 0 spiro atoms. The molecule has 8 nitrogen and oxygen atoms in total. The first kappa shape index (κ1) is 19.8. The highest BCUT2D eigenvalue weighted by Gasteiger charge is 2.20. The highest BCUT2D eigenvalue weighted by atomic mass is 32.2. The molecule has 0 unspecified atom stereocenters. The molecule has 154 valence electrons. The van der Waals surface area contributed by atoms with Crippen molar-refractivity contribution in [2.75, 3.05) is 33.2 Å². The second-order valence-electron chi connectivity index (χ2n) is 6.94. The molecule has 0 saturated carbocycles. The molecule has 0 amide bonds. The first-order valence-electron chi connectivity index (χ1n) is 9.64. The van der Waals surface area contributed by atoms with Gasteiger partial charge in [-0.15, -0.1) is 0 Å². The van der Waals surface area contributed by atoms with E-state index in [2.05, 4.69) is 14.5 Å². The molecule has 1 aliphatic rings. The molecule has 29 heavy (non-hydrogen) atoms. The van der Waals surface area contributed by atoms with Crippen LogP contribution in [0.2, 0.25) is 0 Å². The lowest BCUT2D eigenvalue weighted by Gasteiger charge is -2.22. The molecule has 0 radical (unpaired) electrons. The Labute approximate surface area is 173 Å². The number of nitrogens with zero attached hydrogens (tertiary/aromatic N) is 4. The minimum Gasteiger partial charge on any atom is -0.497 e. The molecular weight excluding hydrogens is 390 g/mol. The fourth-order valence-electron chi connectivity index (χ4n) is 3.52. The van der Waals surface area contributed by atoms with Crippen molar-refractivity contribution < 1.29 is 14.2 Å². The fraction of sp³-hybridized carbons (Fsp3) is 0.450. The van der Waals surface area contributed by atoms with Gasteiger partial charge in [-0.3, -0.25) is 0 Å². The molecule has 0 bridgehead atoms. The summed E-state index contributed by atoms with van der Waals surface area (Å²) in [6.07, 6.45) is 4.72. The van der Waals surface area contributed by atoms with E-state index in [1.807, 2.05) is 18.2 Å². The van der Waals surface area contributed by atoms with Gasteiger partial charge < -0.3 is 24.5 Å². The Morgan fingerprint density at radius 3 is 2.79 bits per heavy atom. The second kappa shape index (κ2) is 8.87. The van der Waals surface area contributed by atoms with Gasteiger partial charge in [-0.2, -0.15) is 0 Å². The number of anilines is 1. The maximum Gasteiger partial charge on any atom is 0.175 e. The molecule has 1 aliphatic heterocycles. The summed E-state index contributed by atoms with van der Waals surface area (Å²) in [6.45, 7) is 2.49. The zero-order chi connectivity index (χ0) is 20.2. The number of benzene rings is 1. The maximum atomic E-state index is 6.08. The molecule has 2 N–H and O–H groups in total. The number of rotatable bonds is 7. The lowest BCUT2D eigenvalue weighted by Crippen LogP contribution is -2.17. The van der Waals surface area contributed by atoms with Crippen LogP contribution in [0.5, 0.6) is 11.5 Å². The molecule has 3 heterocycles. The number of ether oxygens (including phenoxy) is 3. The molecule has 1 fully saturated rings. The van der Waals surface area contributed by atoms with Crippen LogP contribution >= 0.6 is 11.8 Å². The van der Waals surface area contributed by atoms with Gasteiger partial charge in [-0.25, -0.2) is 15.0 Å². The Balaban J connectivity index is 1.68. The topological polar surface area (TPSA) is 97.3 Å². The molecule has 0 aliphatic carbocycles. The number of aromatic nitrogens is 4. The van der Waals surface area contributed by atoms with Gasteiger partial charge in [-0.1, -0.05) is 0 Å². The molecular formula is C20H25N5O3S. The van der Waals surface area contributed by atoms with E-state index in [4.69, 9.17) is 24.9 Å². The average molecular weight is 416 g/mol. The van der Waals surface area contributed by atoms with E-state index < -0.39 is 0 Å². The summed E-state index contributed by atoms with van der Waals surface area (Å²) in [7, 11) is 3.30. The summed E-state index contributed by atoms with van der Waals surface area (Å²) >= 11 is 1.51. The molecule has 1 aromatic carbocycles. The van der Waals surface area contributed by atoms with Crippen molar-refractivity contribution in [3.63, 3.8) is 0 Å². The van der Waals surface area contributed by atoms with E-state index in [-0.39, 0.29) is 0 Å². The number of hydrogen-bond donors (Lipinski definition) is 1. The summed E-state index contributed by atoms with van der Waals surface area (Å²) in [5.41, 5.74) is 7.46. The third kappa shape index (κ3) is 4.25. The van der Waals surface area contributed by atoms with Crippen molar-refractivity contribution >= 4 is 28.7 Å². The predicted molar refractivity (Wildman–Crippen MR) is 112 cm³/mol. The van der Waals surface area contributed by atoms with Crippen LogP contribution < -0.4 is 15.2 Å². The zero-order valence-corrected chi connectivity index (χ0v) is 17.4. The van der Waals surface area contributed by atoms with Crippen molar-refractivity contribution in [1.82, 2.24) is 19.5 Å². The van der Waals surface area contributed by atoms with Crippen LogP contribution in [0.1, 0.15) is 19.3 Å². The van der Waals surface area contributed by atoms with Crippen LogP contribution in [0.15, 0.2) is 34.6 Å². The van der Waals surface area contributed by atoms with Crippen LogP contribution in [-0.4, -0.2) is 47.0 Å². The van der Waals surface area contributed by atoms with Gasteiger partial charge in [0.05, 0.1) is 19.1 Å². The SMILES string of the molecule is COc1ccc(OC)c(Sc2nc3c(N)ncnc3n2CCC2CCOCC2)c1. The summed E-state index contributed by atoms with van der Waals surface area (Å²) in [5.74, 6) is 2.55. The largest absolute Gasteiger partial charge is 0.497 e. The highest BCUT2D eigenvalue weighted by molar-refractivity contribution is 7.99. The average Bonchev–Trinajstić information content (AvgIpc) is 3.11. The monoisotopic (exact) mass is 415 g/mol. The lowest BCUT2D eigenvalue weighted by atomic mass is 9.97. The van der Waals surface area contributed by atoms with Crippen molar-refractivity contribution in [3.05, 3.63) is 24.5 Å². The van der Waals surface area contributed by atoms with Gasteiger partial charge in [0.15, 0.2) is 22.1 Å². The summed E-state index contributed by atoms with van der Waals surface area (Å²) < 4.78 is 18.5. The predicted octanol–water partition coefficient (Wildman–Crippen LogP) is 3.39. The van der Waals surface area contributed by atoms with Gasteiger partial charge in [0.25, 0.3) is 0 Å². The molecule has 4 rings (SSSR count). The number of nitrogen functional groups attached to an aromatic ring is 1. The summed E-state index contributed by atoms with van der Waals surface area (Å²) in [5, 5.41) is 0.811. The molecule has 1 saturated heterocycles. The maximum absolute atomic E-state index is 6.08. The third-order valence-electron chi connectivity index (χ3n) is 5.20. The smallest absolute Gasteiger partial charge is 0.175 e. The molecule has 2 aromatic heterocycles. The van der Waals surface area contributed by atoms with Crippen LogP contribution in [0.3, 0.4) is 0 Å². The number of aryl methyl sites for hydroxylation is 1. The fourth-order valence-corrected chi connectivity index (χ4v) is 4.57. The summed E-state index contributed by atoms with van der Waals surface area (Å²) in [6, 6.07) is 5.71. The summed E-state index contributed by atoms with van der Waals surface area (Å²) in [4.78, 5) is 14.2. The van der Waals surface area contributed by atoms with Gasteiger partial charge in [0, 0.05) is 19.8 Å². The second-order valence-corrected chi connectivity index (χ2v) is 7.95. The van der Waals surface area contributed by atoms with E-state index >= 15 is 0 Å². The van der Waals surface area contributed by atoms with E-state index in [1.54, 1.807) is 14.2 Å². The third-order valence-corrected chi connectivity index (χ3v) is 6.23. The Bertz CT molecular complexity index is 988. The van der Waals surface area contributed by atoms with E-state index in [0.717, 1.165) is 66.2 Å². The quantitative estimate of drug-likeness (QED) is 0.627. The van der Waals surface area contributed by atoms with Crippen LogP contribution in [0.25, 0.3) is 11.2 Å². The van der Waals surface area contributed by atoms with Crippen molar-refractivity contribution in [1.29, 1.82) is 0 Å².